The second-order valence-electron chi connectivity index (χ2n) is 5.97. The van der Waals surface area contributed by atoms with Gasteiger partial charge in [0.1, 0.15) is 23.1 Å². The van der Waals surface area contributed by atoms with Crippen molar-refractivity contribution in [3.63, 3.8) is 0 Å². The number of phenolic OH excluding ortho intramolecular Hbond substituents is 1. The van der Waals surface area contributed by atoms with Crippen molar-refractivity contribution in [2.45, 2.75) is 32.2 Å². The van der Waals surface area contributed by atoms with Crippen molar-refractivity contribution in [1.29, 1.82) is 5.26 Å². The molecule has 1 aromatic carbocycles. The molecule has 4 N–H and O–H groups in total. The third kappa shape index (κ3) is 3.42. The lowest BCUT2D eigenvalue weighted by atomic mass is 10.0. The second-order valence-corrected chi connectivity index (χ2v) is 5.97. The van der Waals surface area contributed by atoms with E-state index in [9.17, 15) is 10.4 Å². The molecular weight excluding hydrogens is 342 g/mol. The average molecular weight is 363 g/mol. The summed E-state index contributed by atoms with van der Waals surface area (Å²) in [6.07, 6.45) is 3.14. The van der Waals surface area contributed by atoms with Gasteiger partial charge in [0.2, 0.25) is 5.95 Å². The highest BCUT2D eigenvalue weighted by Gasteiger charge is 2.47. The summed E-state index contributed by atoms with van der Waals surface area (Å²) in [6, 6.07) is 12.7. The van der Waals surface area contributed by atoms with E-state index in [1.807, 2.05) is 26.0 Å². The summed E-state index contributed by atoms with van der Waals surface area (Å²) in [5.74, 6) is 1.03. The number of nitrogens with two attached hydrogens (primary N) is 1. The van der Waals surface area contributed by atoms with E-state index in [4.69, 9.17) is 10.2 Å². The summed E-state index contributed by atoms with van der Waals surface area (Å²) >= 11 is 0. The van der Waals surface area contributed by atoms with Crippen LogP contribution >= 0.6 is 0 Å². The molecule has 0 atom stereocenters. The topological polar surface area (TPSA) is 121 Å². The first-order valence-corrected chi connectivity index (χ1v) is 8.81. The van der Waals surface area contributed by atoms with Crippen LogP contribution in [0.1, 0.15) is 37.8 Å². The first-order valence-electron chi connectivity index (χ1n) is 8.81. The number of aromatic nitrogens is 2. The molecule has 0 amide bonds. The number of hydrogen-bond donors (Lipinski definition) is 3. The van der Waals surface area contributed by atoms with E-state index in [1.165, 1.54) is 6.26 Å². The number of anilines is 2. The van der Waals surface area contributed by atoms with Gasteiger partial charge in [-0.05, 0) is 31.0 Å². The number of nitrogen functional groups attached to an aromatic ring is 1. The Kier molecular flexibility index (Phi) is 4.99. The summed E-state index contributed by atoms with van der Waals surface area (Å²) in [6.45, 7) is 4.00. The number of nitriles is 1. The van der Waals surface area contributed by atoms with E-state index in [0.717, 1.165) is 18.4 Å². The molecule has 7 nitrogen and oxygen atoms in total. The fourth-order valence-electron chi connectivity index (χ4n) is 2.96. The monoisotopic (exact) mass is 363 g/mol. The number of hydrogen-bond acceptors (Lipinski definition) is 7. The van der Waals surface area contributed by atoms with Crippen LogP contribution in [0.15, 0.2) is 47.1 Å². The minimum atomic E-state index is -0.460. The number of benzene rings is 1. The third-order valence-corrected chi connectivity index (χ3v) is 4.32. The van der Waals surface area contributed by atoms with Crippen molar-refractivity contribution >= 4 is 11.8 Å². The Bertz CT molecular complexity index is 973. The average Bonchev–Trinajstić information content (AvgIpc) is 3.24. The largest absolute Gasteiger partial charge is 0.508 e. The van der Waals surface area contributed by atoms with Crippen LogP contribution in [-0.2, 0) is 5.54 Å². The minimum absolute atomic E-state index is 0.0426. The molecule has 3 aromatic rings. The molecule has 138 valence electrons. The van der Waals surface area contributed by atoms with Gasteiger partial charge in [-0.15, -0.1) is 0 Å². The number of nitrogens with zero attached hydrogens (tertiary/aromatic N) is 3. The van der Waals surface area contributed by atoms with E-state index in [2.05, 4.69) is 21.4 Å². The molecule has 0 radical (unpaired) electrons. The van der Waals surface area contributed by atoms with Crippen molar-refractivity contribution < 1.29 is 9.52 Å². The number of para-hydroxylation sites is 1. The van der Waals surface area contributed by atoms with Crippen molar-refractivity contribution in [2.75, 3.05) is 11.1 Å². The zero-order valence-corrected chi connectivity index (χ0v) is 15.2. The van der Waals surface area contributed by atoms with Crippen LogP contribution in [0.4, 0.5) is 11.8 Å². The van der Waals surface area contributed by atoms with E-state index in [-0.39, 0.29) is 17.3 Å². The van der Waals surface area contributed by atoms with Crippen LogP contribution in [0.5, 0.6) is 5.75 Å². The van der Waals surface area contributed by atoms with Crippen LogP contribution < -0.4 is 11.1 Å². The summed E-state index contributed by atoms with van der Waals surface area (Å²) in [5, 5.41) is 23.1. The van der Waals surface area contributed by atoms with Crippen molar-refractivity contribution in [2.24, 2.45) is 0 Å². The molecule has 1 aliphatic carbocycles. The first-order chi connectivity index (χ1) is 13.1. The maximum Gasteiger partial charge on any atom is 0.222 e. The van der Waals surface area contributed by atoms with Gasteiger partial charge in [0.05, 0.1) is 11.8 Å². The minimum Gasteiger partial charge on any atom is -0.508 e. The van der Waals surface area contributed by atoms with Crippen molar-refractivity contribution in [1.82, 2.24) is 9.97 Å². The molecule has 1 aliphatic rings. The lowest BCUT2D eigenvalue weighted by Gasteiger charge is -2.21. The number of rotatable bonds is 4. The predicted octanol–water partition coefficient (Wildman–Crippen LogP) is 4.02. The maximum atomic E-state index is 10.2. The van der Waals surface area contributed by atoms with E-state index in [0.29, 0.717) is 17.3 Å². The lowest BCUT2D eigenvalue weighted by molar-refractivity contribution is 0.462. The highest BCUT2D eigenvalue weighted by molar-refractivity contribution is 5.72. The number of furan rings is 1. The van der Waals surface area contributed by atoms with E-state index >= 15 is 0 Å². The van der Waals surface area contributed by atoms with Gasteiger partial charge in [-0.25, -0.2) is 4.98 Å². The molecule has 0 aliphatic heterocycles. The predicted molar refractivity (Wildman–Crippen MR) is 103 cm³/mol. The SMILES string of the molecule is CC.N#Cc1c(NC2(c3ccccc3O)CC2)nc(N)nc1-c1ccco1. The highest BCUT2D eigenvalue weighted by atomic mass is 16.3. The highest BCUT2D eigenvalue weighted by Crippen LogP contribution is 2.51. The Labute approximate surface area is 157 Å². The van der Waals surface area contributed by atoms with Gasteiger partial charge >= 0.3 is 0 Å². The Morgan fingerprint density at radius 2 is 1.93 bits per heavy atom. The van der Waals surface area contributed by atoms with Gasteiger partial charge in [-0.2, -0.15) is 10.2 Å². The molecule has 2 aromatic heterocycles. The summed E-state index contributed by atoms with van der Waals surface area (Å²) in [4.78, 5) is 8.35. The molecule has 4 rings (SSSR count). The Balaban J connectivity index is 0.00000102. The van der Waals surface area contributed by atoms with Gasteiger partial charge in [0.15, 0.2) is 11.6 Å². The maximum absolute atomic E-state index is 10.2. The molecule has 27 heavy (non-hydrogen) atoms. The van der Waals surface area contributed by atoms with Crippen molar-refractivity contribution in [3.05, 3.63) is 53.8 Å². The van der Waals surface area contributed by atoms with E-state index < -0.39 is 5.54 Å². The standard InChI is InChI=1S/C18H15N5O2.C2H6/c19-10-11-15(14-6-3-9-25-14)21-17(20)22-16(11)23-18(7-8-18)12-4-1-2-5-13(12)24;1-2/h1-6,9,24H,7-8H2,(H3,20,21,22,23);1-2H3. The fraction of sp³-hybridized carbons (Fsp3) is 0.250. The molecular formula is C20H21N5O2. The van der Waals surface area contributed by atoms with Crippen LogP contribution in [0.3, 0.4) is 0 Å². The lowest BCUT2D eigenvalue weighted by Crippen LogP contribution is -2.21. The first kappa shape index (κ1) is 18.3. The van der Waals surface area contributed by atoms with Gasteiger partial charge in [-0.3, -0.25) is 0 Å². The van der Waals surface area contributed by atoms with Crippen LogP contribution in [-0.4, -0.2) is 15.1 Å². The van der Waals surface area contributed by atoms with Gasteiger partial charge in [0.25, 0.3) is 0 Å². The van der Waals surface area contributed by atoms with Gasteiger partial charge in [0, 0.05) is 5.56 Å². The number of nitrogens with one attached hydrogen (secondary N) is 1. The molecule has 7 heteroatoms. The summed E-state index contributed by atoms with van der Waals surface area (Å²) in [5.41, 5.74) is 6.75. The van der Waals surface area contributed by atoms with Crippen LogP contribution in [0.25, 0.3) is 11.5 Å². The van der Waals surface area contributed by atoms with Gasteiger partial charge in [-0.1, -0.05) is 32.0 Å². The molecule has 0 bridgehead atoms. The second kappa shape index (κ2) is 7.38. The Morgan fingerprint density at radius 1 is 1.19 bits per heavy atom. The normalized spacial score (nSPS) is 13.8. The molecule has 0 saturated heterocycles. The smallest absolute Gasteiger partial charge is 0.222 e. The molecule has 0 unspecified atom stereocenters. The Hall–Kier alpha value is -3.53. The van der Waals surface area contributed by atoms with E-state index in [1.54, 1.807) is 24.3 Å². The van der Waals surface area contributed by atoms with Gasteiger partial charge < -0.3 is 20.6 Å². The van der Waals surface area contributed by atoms with Crippen LogP contribution in [0, 0.1) is 11.3 Å². The molecule has 1 saturated carbocycles. The van der Waals surface area contributed by atoms with Crippen molar-refractivity contribution in [3.8, 4) is 23.3 Å². The molecule has 2 heterocycles. The summed E-state index contributed by atoms with van der Waals surface area (Å²) in [7, 11) is 0. The Morgan fingerprint density at radius 3 is 2.52 bits per heavy atom. The zero-order valence-electron chi connectivity index (χ0n) is 15.2. The summed E-state index contributed by atoms with van der Waals surface area (Å²) < 4.78 is 5.36. The molecule has 1 fully saturated rings. The number of phenols is 1. The molecule has 0 spiro atoms. The van der Waals surface area contributed by atoms with Crippen LogP contribution in [0.2, 0.25) is 0 Å². The zero-order chi connectivity index (χ0) is 19.4. The quantitative estimate of drug-likeness (QED) is 0.640. The fourth-order valence-corrected chi connectivity index (χ4v) is 2.96. The third-order valence-electron chi connectivity index (χ3n) is 4.32. The number of aromatic hydroxyl groups is 1.